The Balaban J connectivity index is 2.01. The van der Waals surface area contributed by atoms with Gasteiger partial charge in [0.2, 0.25) is 15.9 Å². The normalized spacial score (nSPS) is 15.5. The molecule has 1 heterocycles. The molecule has 0 aromatic heterocycles. The molecule has 25 heavy (non-hydrogen) atoms. The van der Waals surface area contributed by atoms with E-state index in [0.717, 1.165) is 11.1 Å². The summed E-state index contributed by atoms with van der Waals surface area (Å²) in [4.78, 5) is 11.5. The minimum Gasteiger partial charge on any atom is -0.376 e. The summed E-state index contributed by atoms with van der Waals surface area (Å²) in [6.07, 6.45) is -3.97. The number of sulfonamides is 1. The van der Waals surface area contributed by atoms with Crippen LogP contribution in [0.15, 0.2) is 18.2 Å². The van der Waals surface area contributed by atoms with Crippen molar-refractivity contribution in [2.45, 2.75) is 26.1 Å². The van der Waals surface area contributed by atoms with Crippen molar-refractivity contribution < 1.29 is 26.4 Å². The second-order valence-electron chi connectivity index (χ2n) is 5.67. The molecule has 2 rings (SSSR count). The summed E-state index contributed by atoms with van der Waals surface area (Å²) in [5, 5.41) is 4.62. The summed E-state index contributed by atoms with van der Waals surface area (Å²) in [7, 11) is -3.28. The van der Waals surface area contributed by atoms with Gasteiger partial charge in [0.25, 0.3) is 0 Å². The van der Waals surface area contributed by atoms with Gasteiger partial charge in [-0.1, -0.05) is 12.1 Å². The lowest BCUT2D eigenvalue weighted by Crippen LogP contribution is -2.38. The van der Waals surface area contributed by atoms with Crippen LogP contribution < -0.4 is 10.6 Å². The molecule has 0 saturated carbocycles. The Morgan fingerprint density at radius 2 is 2.04 bits per heavy atom. The average Bonchev–Trinajstić information content (AvgIpc) is 2.56. The summed E-state index contributed by atoms with van der Waals surface area (Å²) >= 11 is 0. The molecule has 0 bridgehead atoms. The van der Waals surface area contributed by atoms with Crippen LogP contribution in [0.2, 0.25) is 0 Å². The third-order valence-corrected chi connectivity index (χ3v) is 5.74. The van der Waals surface area contributed by atoms with Crippen molar-refractivity contribution in [1.82, 2.24) is 9.62 Å². The minimum atomic E-state index is -4.45. The smallest absolute Gasteiger partial charge is 0.376 e. The lowest BCUT2D eigenvalue weighted by molar-refractivity contribution is -0.137. The number of anilines is 1. The first-order valence-corrected chi connectivity index (χ1v) is 9.39. The van der Waals surface area contributed by atoms with Crippen molar-refractivity contribution in [3.8, 4) is 0 Å². The van der Waals surface area contributed by atoms with Crippen LogP contribution in [-0.2, 0) is 27.8 Å². The fraction of sp³-hybridized carbons (Fsp3) is 0.533. The standard InChI is InChI=1S/C15H20F3N3O3S/c1-2-25(23,24)21-7-6-12-11(9-21)4-3-5-13(12)19-8-14(22)20-10-15(16,17)18/h3-5,19H,2,6-10H2,1H3,(H,20,22). The monoisotopic (exact) mass is 379 g/mol. The number of hydrogen-bond donors (Lipinski definition) is 2. The molecule has 1 amide bonds. The van der Waals surface area contributed by atoms with E-state index < -0.39 is 28.7 Å². The molecular weight excluding hydrogens is 359 g/mol. The Bertz CT molecular complexity index is 735. The van der Waals surface area contributed by atoms with E-state index in [1.807, 2.05) is 6.07 Å². The molecule has 0 aliphatic carbocycles. The molecule has 0 radical (unpaired) electrons. The average molecular weight is 379 g/mol. The maximum atomic E-state index is 12.1. The Labute approximate surface area is 144 Å². The third kappa shape index (κ3) is 5.33. The zero-order valence-electron chi connectivity index (χ0n) is 13.7. The van der Waals surface area contributed by atoms with E-state index in [-0.39, 0.29) is 18.8 Å². The Kier molecular flexibility index (Phi) is 5.94. The Hall–Kier alpha value is -1.81. The van der Waals surface area contributed by atoms with Crippen LogP contribution in [0.4, 0.5) is 18.9 Å². The van der Waals surface area contributed by atoms with E-state index in [4.69, 9.17) is 0 Å². The Morgan fingerprint density at radius 1 is 1.32 bits per heavy atom. The first-order chi connectivity index (χ1) is 11.6. The van der Waals surface area contributed by atoms with Gasteiger partial charge >= 0.3 is 6.18 Å². The highest BCUT2D eigenvalue weighted by atomic mass is 32.2. The molecule has 1 aromatic rings. The highest BCUT2D eigenvalue weighted by Crippen LogP contribution is 2.27. The van der Waals surface area contributed by atoms with E-state index in [1.54, 1.807) is 24.4 Å². The van der Waals surface area contributed by atoms with Crippen LogP contribution in [0.3, 0.4) is 0 Å². The molecule has 6 nitrogen and oxygen atoms in total. The van der Waals surface area contributed by atoms with Crippen molar-refractivity contribution in [1.29, 1.82) is 0 Å². The van der Waals surface area contributed by atoms with Gasteiger partial charge in [-0.05, 0) is 30.5 Å². The van der Waals surface area contributed by atoms with Crippen LogP contribution in [0.25, 0.3) is 0 Å². The fourth-order valence-corrected chi connectivity index (χ4v) is 3.68. The van der Waals surface area contributed by atoms with E-state index >= 15 is 0 Å². The minimum absolute atomic E-state index is 0.0274. The number of rotatable bonds is 6. The van der Waals surface area contributed by atoms with Gasteiger partial charge in [0, 0.05) is 18.8 Å². The number of alkyl halides is 3. The lowest BCUT2D eigenvalue weighted by Gasteiger charge is -2.29. The molecule has 10 heteroatoms. The molecule has 0 spiro atoms. The van der Waals surface area contributed by atoms with Gasteiger partial charge in [0.15, 0.2) is 0 Å². The summed E-state index contributed by atoms with van der Waals surface area (Å²) in [6.45, 7) is 0.513. The van der Waals surface area contributed by atoms with Crippen molar-refractivity contribution >= 4 is 21.6 Å². The molecule has 0 atom stereocenters. The van der Waals surface area contributed by atoms with Crippen LogP contribution in [0.1, 0.15) is 18.1 Å². The van der Waals surface area contributed by atoms with Crippen LogP contribution in [0.5, 0.6) is 0 Å². The largest absolute Gasteiger partial charge is 0.405 e. The van der Waals surface area contributed by atoms with Gasteiger partial charge in [-0.25, -0.2) is 8.42 Å². The lowest BCUT2D eigenvalue weighted by atomic mass is 9.99. The van der Waals surface area contributed by atoms with E-state index in [9.17, 15) is 26.4 Å². The van der Waals surface area contributed by atoms with E-state index in [0.29, 0.717) is 18.7 Å². The first-order valence-electron chi connectivity index (χ1n) is 7.78. The summed E-state index contributed by atoms with van der Waals surface area (Å²) in [5.41, 5.74) is 2.34. The number of carbonyl (C=O) groups is 1. The highest BCUT2D eigenvalue weighted by molar-refractivity contribution is 7.89. The zero-order chi connectivity index (χ0) is 18.7. The third-order valence-electron chi connectivity index (χ3n) is 3.91. The fourth-order valence-electron chi connectivity index (χ4n) is 2.61. The number of nitrogens with one attached hydrogen (secondary N) is 2. The highest BCUT2D eigenvalue weighted by Gasteiger charge is 2.28. The van der Waals surface area contributed by atoms with Gasteiger partial charge in [0.1, 0.15) is 6.54 Å². The zero-order valence-corrected chi connectivity index (χ0v) is 14.5. The molecule has 1 aliphatic heterocycles. The van der Waals surface area contributed by atoms with Gasteiger partial charge in [-0.15, -0.1) is 0 Å². The van der Waals surface area contributed by atoms with Crippen molar-refractivity contribution in [2.75, 3.05) is 30.7 Å². The maximum absolute atomic E-state index is 12.1. The van der Waals surface area contributed by atoms with E-state index in [2.05, 4.69) is 5.32 Å². The van der Waals surface area contributed by atoms with Crippen LogP contribution in [-0.4, -0.2) is 50.2 Å². The van der Waals surface area contributed by atoms with Gasteiger partial charge in [0.05, 0.1) is 12.3 Å². The number of carbonyl (C=O) groups excluding carboxylic acids is 1. The van der Waals surface area contributed by atoms with Crippen molar-refractivity contribution in [2.24, 2.45) is 0 Å². The Morgan fingerprint density at radius 3 is 2.68 bits per heavy atom. The predicted octanol–water partition coefficient (Wildman–Crippen LogP) is 1.48. The van der Waals surface area contributed by atoms with Crippen molar-refractivity contribution in [3.05, 3.63) is 29.3 Å². The molecule has 0 fully saturated rings. The molecular formula is C15H20F3N3O3S. The number of benzene rings is 1. The predicted molar refractivity (Wildman–Crippen MR) is 87.6 cm³/mol. The number of nitrogens with zero attached hydrogens (tertiary/aromatic N) is 1. The van der Waals surface area contributed by atoms with Gasteiger partial charge in [-0.3, -0.25) is 4.79 Å². The number of hydrogen-bond acceptors (Lipinski definition) is 4. The molecule has 1 aromatic carbocycles. The topological polar surface area (TPSA) is 78.5 Å². The summed E-state index contributed by atoms with van der Waals surface area (Å²) < 4.78 is 61.6. The number of fused-ring (bicyclic) bond motifs is 1. The van der Waals surface area contributed by atoms with Crippen LogP contribution >= 0.6 is 0 Å². The SMILES string of the molecule is CCS(=O)(=O)N1CCc2c(cccc2NCC(=O)NCC(F)(F)F)C1. The second-order valence-corrected chi connectivity index (χ2v) is 7.93. The molecule has 0 unspecified atom stereocenters. The molecule has 1 aliphatic rings. The number of halogens is 3. The second kappa shape index (κ2) is 7.61. The van der Waals surface area contributed by atoms with Crippen LogP contribution in [0, 0.1) is 0 Å². The molecule has 2 N–H and O–H groups in total. The van der Waals surface area contributed by atoms with Crippen molar-refractivity contribution in [3.63, 3.8) is 0 Å². The van der Waals surface area contributed by atoms with Gasteiger partial charge < -0.3 is 10.6 Å². The van der Waals surface area contributed by atoms with E-state index in [1.165, 1.54) is 4.31 Å². The first kappa shape index (κ1) is 19.5. The molecule has 140 valence electrons. The number of amides is 1. The quantitative estimate of drug-likeness (QED) is 0.785. The summed E-state index contributed by atoms with van der Waals surface area (Å²) in [6, 6.07) is 5.25. The van der Waals surface area contributed by atoms with Gasteiger partial charge in [-0.2, -0.15) is 17.5 Å². The maximum Gasteiger partial charge on any atom is 0.405 e. The summed E-state index contributed by atoms with van der Waals surface area (Å²) in [5.74, 6) is -0.736. The molecule has 0 saturated heterocycles.